The Hall–Kier alpha value is -3.43. The molecule has 1 saturated heterocycles. The van der Waals surface area contributed by atoms with Gasteiger partial charge in [-0.25, -0.2) is 4.98 Å². The fraction of sp³-hybridized carbons (Fsp3) is 0.370. The number of nitrogens with zero attached hydrogens (tertiary/aromatic N) is 4. The van der Waals surface area contributed by atoms with Gasteiger partial charge in [-0.3, -0.25) is 4.79 Å². The van der Waals surface area contributed by atoms with Crippen LogP contribution < -0.4 is 0 Å². The molecular formula is C27H28N4O2. The molecule has 33 heavy (non-hydrogen) atoms. The lowest BCUT2D eigenvalue weighted by molar-refractivity contribution is -0.129. The molecule has 2 aromatic heterocycles. The lowest BCUT2D eigenvalue weighted by Gasteiger charge is -2.28. The Labute approximate surface area is 194 Å². The predicted octanol–water partition coefficient (Wildman–Crippen LogP) is 4.32. The monoisotopic (exact) mass is 440 g/mol. The van der Waals surface area contributed by atoms with E-state index in [1.807, 2.05) is 26.0 Å². The topological polar surface area (TPSA) is 71.2 Å². The van der Waals surface area contributed by atoms with Crippen LogP contribution >= 0.6 is 0 Å². The fourth-order valence-electron chi connectivity index (χ4n) is 5.29. The zero-order valence-corrected chi connectivity index (χ0v) is 19.2. The Morgan fingerprint density at radius 3 is 2.82 bits per heavy atom. The van der Waals surface area contributed by atoms with E-state index in [0.29, 0.717) is 31.9 Å². The van der Waals surface area contributed by atoms with Gasteiger partial charge in [0.15, 0.2) is 0 Å². The standard InChI is InChI=1S/C27H28N4O2/c1-18-16-19(2)29-27-26(18)22(17-28)24(10-11-25(32)30-12-14-33-15-13-30)31(27)23-9-5-7-20-6-3-4-8-21(20)23/h3-4,6,8,10-11,16,23H,5,7,9,12-15H2,1-2H3/b11-10+. The van der Waals surface area contributed by atoms with Crippen molar-refractivity contribution < 1.29 is 9.53 Å². The molecule has 1 aliphatic heterocycles. The maximum Gasteiger partial charge on any atom is 0.246 e. The first-order chi connectivity index (χ1) is 16.1. The molecule has 1 fully saturated rings. The van der Waals surface area contributed by atoms with E-state index in [2.05, 4.69) is 34.9 Å². The van der Waals surface area contributed by atoms with Crippen molar-refractivity contribution in [2.45, 2.75) is 39.2 Å². The van der Waals surface area contributed by atoms with E-state index >= 15 is 0 Å². The molecule has 168 valence electrons. The molecule has 1 atom stereocenters. The van der Waals surface area contributed by atoms with Gasteiger partial charge in [-0.2, -0.15) is 5.26 Å². The van der Waals surface area contributed by atoms with E-state index in [9.17, 15) is 10.1 Å². The van der Waals surface area contributed by atoms with Crippen LogP contribution in [0.15, 0.2) is 36.4 Å². The number of morpholine rings is 1. The Morgan fingerprint density at radius 2 is 2.03 bits per heavy atom. The summed E-state index contributed by atoms with van der Waals surface area (Å²) < 4.78 is 7.58. The van der Waals surface area contributed by atoms with Crippen LogP contribution in [-0.2, 0) is 16.0 Å². The van der Waals surface area contributed by atoms with Crippen molar-refractivity contribution in [1.29, 1.82) is 5.26 Å². The van der Waals surface area contributed by atoms with E-state index in [-0.39, 0.29) is 11.9 Å². The molecule has 3 heterocycles. The summed E-state index contributed by atoms with van der Waals surface area (Å²) in [7, 11) is 0. The third-order valence-electron chi connectivity index (χ3n) is 6.79. The summed E-state index contributed by atoms with van der Waals surface area (Å²) in [6.07, 6.45) is 6.53. The van der Waals surface area contributed by atoms with Crippen LogP contribution in [0.1, 0.15) is 52.5 Å². The molecule has 6 nitrogen and oxygen atoms in total. The number of aromatic nitrogens is 2. The molecule has 3 aromatic rings. The Balaban J connectivity index is 1.70. The van der Waals surface area contributed by atoms with Crippen molar-refractivity contribution >= 4 is 23.0 Å². The van der Waals surface area contributed by atoms with Crippen LogP contribution in [0.4, 0.5) is 0 Å². The summed E-state index contributed by atoms with van der Waals surface area (Å²) in [4.78, 5) is 19.6. The first-order valence-electron chi connectivity index (χ1n) is 11.6. The van der Waals surface area contributed by atoms with Gasteiger partial charge in [0.1, 0.15) is 11.7 Å². The number of pyridine rings is 1. The van der Waals surface area contributed by atoms with Gasteiger partial charge in [0.05, 0.1) is 30.5 Å². The summed E-state index contributed by atoms with van der Waals surface area (Å²) in [6, 6.07) is 13.1. The third-order valence-corrected chi connectivity index (χ3v) is 6.79. The molecule has 6 heteroatoms. The number of hydrogen-bond acceptors (Lipinski definition) is 4. The molecule has 5 rings (SSSR count). The maximum atomic E-state index is 12.9. The second kappa shape index (κ2) is 8.84. The number of carbonyl (C=O) groups excluding carboxylic acids is 1. The van der Waals surface area contributed by atoms with E-state index < -0.39 is 0 Å². The molecule has 0 bridgehead atoms. The van der Waals surface area contributed by atoms with Crippen molar-refractivity contribution in [2.75, 3.05) is 26.3 Å². The molecule has 1 aliphatic carbocycles. The molecule has 1 aromatic carbocycles. The van der Waals surface area contributed by atoms with Crippen LogP contribution in [0, 0.1) is 25.2 Å². The number of aryl methyl sites for hydroxylation is 3. The van der Waals surface area contributed by atoms with Crippen molar-refractivity contribution in [3.8, 4) is 6.07 Å². The highest BCUT2D eigenvalue weighted by Gasteiger charge is 2.28. The first kappa shape index (κ1) is 21.4. The number of carbonyl (C=O) groups is 1. The van der Waals surface area contributed by atoms with Gasteiger partial charge < -0.3 is 14.2 Å². The maximum absolute atomic E-state index is 12.9. The number of fused-ring (bicyclic) bond motifs is 2. The highest BCUT2D eigenvalue weighted by Crippen LogP contribution is 2.39. The summed E-state index contributed by atoms with van der Waals surface area (Å²) in [5.41, 5.74) is 6.75. The molecule has 0 spiro atoms. The number of nitriles is 1. The third kappa shape index (κ3) is 3.83. The average Bonchev–Trinajstić information content (AvgIpc) is 3.15. The SMILES string of the molecule is Cc1cc(C)c2c(C#N)c(/C=C/C(=O)N3CCOCC3)n(C3CCCc4ccccc43)c2n1. The quantitative estimate of drug-likeness (QED) is 0.569. The van der Waals surface area contributed by atoms with Gasteiger partial charge in [0.2, 0.25) is 5.91 Å². The molecule has 1 amide bonds. The van der Waals surface area contributed by atoms with Crippen LogP contribution in [0.5, 0.6) is 0 Å². The lowest BCUT2D eigenvalue weighted by Crippen LogP contribution is -2.39. The molecule has 0 N–H and O–H groups in total. The van der Waals surface area contributed by atoms with Crippen LogP contribution in [0.2, 0.25) is 0 Å². The van der Waals surface area contributed by atoms with Crippen molar-refractivity contribution in [3.63, 3.8) is 0 Å². The Kier molecular flexibility index (Phi) is 5.74. The number of ether oxygens (including phenoxy) is 1. The molecule has 2 aliphatic rings. The van der Waals surface area contributed by atoms with Gasteiger partial charge in [-0.1, -0.05) is 24.3 Å². The van der Waals surface area contributed by atoms with Crippen LogP contribution in [0.25, 0.3) is 17.1 Å². The summed E-state index contributed by atoms with van der Waals surface area (Å²) in [5.74, 6) is -0.0519. The minimum Gasteiger partial charge on any atom is -0.378 e. The van der Waals surface area contributed by atoms with Gasteiger partial charge in [-0.05, 0) is 61.9 Å². The minimum absolute atomic E-state index is 0.0519. The average molecular weight is 441 g/mol. The number of benzene rings is 1. The van der Waals surface area contributed by atoms with E-state index in [1.54, 1.807) is 11.0 Å². The predicted molar refractivity (Wildman–Crippen MR) is 128 cm³/mol. The number of hydrogen-bond donors (Lipinski definition) is 0. The molecular weight excluding hydrogens is 412 g/mol. The smallest absolute Gasteiger partial charge is 0.246 e. The van der Waals surface area contributed by atoms with Crippen LogP contribution in [-0.4, -0.2) is 46.7 Å². The summed E-state index contributed by atoms with van der Waals surface area (Å²) >= 11 is 0. The van der Waals surface area contributed by atoms with Gasteiger partial charge in [-0.15, -0.1) is 0 Å². The van der Waals surface area contributed by atoms with Crippen LogP contribution in [0.3, 0.4) is 0 Å². The van der Waals surface area contributed by atoms with Crippen molar-refractivity contribution in [3.05, 3.63) is 70.0 Å². The fourth-order valence-corrected chi connectivity index (χ4v) is 5.29. The second-order valence-electron chi connectivity index (χ2n) is 8.90. The molecule has 0 saturated carbocycles. The highest BCUT2D eigenvalue weighted by atomic mass is 16.5. The minimum atomic E-state index is -0.0519. The van der Waals surface area contributed by atoms with E-state index in [4.69, 9.17) is 9.72 Å². The van der Waals surface area contributed by atoms with Crippen molar-refractivity contribution in [2.24, 2.45) is 0 Å². The zero-order chi connectivity index (χ0) is 22.9. The van der Waals surface area contributed by atoms with Crippen molar-refractivity contribution in [1.82, 2.24) is 14.5 Å². The van der Waals surface area contributed by atoms with Gasteiger partial charge in [0, 0.05) is 30.2 Å². The molecule has 1 unspecified atom stereocenters. The Morgan fingerprint density at radius 1 is 1.24 bits per heavy atom. The first-order valence-corrected chi connectivity index (χ1v) is 11.6. The lowest BCUT2D eigenvalue weighted by atomic mass is 9.87. The normalized spacial score (nSPS) is 18.5. The van der Waals surface area contributed by atoms with E-state index in [1.165, 1.54) is 11.1 Å². The highest BCUT2D eigenvalue weighted by molar-refractivity contribution is 5.96. The number of rotatable bonds is 3. The molecule has 0 radical (unpaired) electrons. The van der Waals surface area contributed by atoms with Gasteiger partial charge in [0.25, 0.3) is 0 Å². The largest absolute Gasteiger partial charge is 0.378 e. The van der Waals surface area contributed by atoms with E-state index in [0.717, 1.165) is 47.2 Å². The van der Waals surface area contributed by atoms with Gasteiger partial charge >= 0.3 is 0 Å². The zero-order valence-electron chi connectivity index (χ0n) is 19.2. The Bertz CT molecular complexity index is 1290. The number of amides is 1. The summed E-state index contributed by atoms with van der Waals surface area (Å²) in [5, 5.41) is 11.1. The second-order valence-corrected chi connectivity index (χ2v) is 8.90. The summed E-state index contributed by atoms with van der Waals surface area (Å²) in [6.45, 7) is 6.32.